The Bertz CT molecular complexity index is 1520. The van der Waals surface area contributed by atoms with Crippen molar-refractivity contribution in [3.63, 3.8) is 0 Å². The molecule has 230 valence electrons. The number of esters is 1. The number of aliphatic hydroxyl groups is 1. The van der Waals surface area contributed by atoms with Gasteiger partial charge in [-0.05, 0) is 62.2 Å². The van der Waals surface area contributed by atoms with Gasteiger partial charge in [-0.3, -0.25) is 14.4 Å². The average Bonchev–Trinajstić information content (AvgIpc) is 3.58. The first-order valence-electron chi connectivity index (χ1n) is 14.9. The van der Waals surface area contributed by atoms with Crippen LogP contribution in [0.15, 0.2) is 48.7 Å². The fraction of sp³-hybridized carbons (Fsp3) is 0.469. The van der Waals surface area contributed by atoms with Crippen LogP contribution in [0.2, 0.25) is 18.6 Å². The molecule has 2 aromatic carbocycles. The smallest absolute Gasteiger partial charge is 0.305 e. The van der Waals surface area contributed by atoms with E-state index in [0.29, 0.717) is 42.7 Å². The molecule has 0 bridgehead atoms. The summed E-state index contributed by atoms with van der Waals surface area (Å²) in [7, 11) is -1.48. The summed E-state index contributed by atoms with van der Waals surface area (Å²) in [5.74, 6) is -1.09. The molecule has 2 aliphatic rings. The molecule has 5 rings (SSSR count). The Balaban J connectivity index is 1.46. The second-order valence-electron chi connectivity index (χ2n) is 12.2. The maximum atomic E-state index is 14.4. The van der Waals surface area contributed by atoms with E-state index in [2.05, 4.69) is 10.3 Å². The first-order valence-corrected chi connectivity index (χ1v) is 17.9. The van der Waals surface area contributed by atoms with E-state index >= 15 is 0 Å². The molecular weight excluding hydrogens is 566 g/mol. The van der Waals surface area contributed by atoms with Crippen molar-refractivity contribution < 1.29 is 33.8 Å². The van der Waals surface area contributed by atoms with Crippen molar-refractivity contribution in [2.75, 3.05) is 30.5 Å². The van der Waals surface area contributed by atoms with Crippen LogP contribution in [0.5, 0.6) is 0 Å². The largest absolute Gasteiger partial charge is 0.469 e. The lowest BCUT2D eigenvalue weighted by molar-refractivity contribution is -0.146. The monoisotopic (exact) mass is 607 g/mol. The van der Waals surface area contributed by atoms with Gasteiger partial charge in [0.25, 0.3) is 5.91 Å². The number of fused-ring (bicyclic) bond motifs is 3. The number of nitrogens with one attached hydrogen (secondary N) is 2. The van der Waals surface area contributed by atoms with Gasteiger partial charge in [0.2, 0.25) is 5.91 Å². The molecule has 2 amide bonds. The van der Waals surface area contributed by atoms with Crippen molar-refractivity contribution in [3.05, 3.63) is 59.8 Å². The molecule has 11 heteroatoms. The number of aromatic nitrogens is 1. The number of ether oxygens (including phenoxy) is 2. The van der Waals surface area contributed by atoms with E-state index in [4.69, 9.17) is 9.47 Å². The lowest BCUT2D eigenvalue weighted by Gasteiger charge is -2.32. The van der Waals surface area contributed by atoms with Crippen molar-refractivity contribution in [2.24, 2.45) is 5.92 Å². The van der Waals surface area contributed by atoms with Gasteiger partial charge in [0.1, 0.15) is 0 Å². The Hall–Kier alpha value is -3.51. The summed E-state index contributed by atoms with van der Waals surface area (Å²) in [5.41, 5.74) is 2.06. The summed E-state index contributed by atoms with van der Waals surface area (Å²) >= 11 is 0. The lowest BCUT2D eigenvalue weighted by atomic mass is 9.82. The minimum absolute atomic E-state index is 0.128. The van der Waals surface area contributed by atoms with Crippen LogP contribution >= 0.6 is 0 Å². The van der Waals surface area contributed by atoms with Crippen LogP contribution in [-0.2, 0) is 35.9 Å². The van der Waals surface area contributed by atoms with Crippen molar-refractivity contribution in [1.82, 2.24) is 4.98 Å². The molecular formula is C32H41N3O7Si. The molecule has 2 aliphatic heterocycles. The van der Waals surface area contributed by atoms with Crippen LogP contribution in [0.1, 0.15) is 43.7 Å². The fourth-order valence-electron chi connectivity index (χ4n) is 7.07. The number of carbonyl (C=O) groups is 3. The predicted molar refractivity (Wildman–Crippen MR) is 166 cm³/mol. The minimum Gasteiger partial charge on any atom is -0.469 e. The van der Waals surface area contributed by atoms with Crippen molar-refractivity contribution in [3.8, 4) is 0 Å². The van der Waals surface area contributed by atoms with Crippen LogP contribution in [-0.4, -0.2) is 67.4 Å². The van der Waals surface area contributed by atoms with Gasteiger partial charge in [0.05, 0.1) is 25.3 Å². The van der Waals surface area contributed by atoms with Crippen molar-refractivity contribution in [2.45, 2.75) is 69.4 Å². The van der Waals surface area contributed by atoms with E-state index in [-0.39, 0.29) is 48.7 Å². The van der Waals surface area contributed by atoms with Gasteiger partial charge in [-0.25, -0.2) is 0 Å². The van der Waals surface area contributed by atoms with Gasteiger partial charge in [0.15, 0.2) is 13.9 Å². The summed E-state index contributed by atoms with van der Waals surface area (Å²) in [5, 5.41) is 13.8. The quantitative estimate of drug-likeness (QED) is 0.145. The normalized spacial score (nSPS) is 23.3. The molecule has 3 heterocycles. The topological polar surface area (TPSA) is 141 Å². The highest BCUT2D eigenvalue weighted by Crippen LogP contribution is 2.59. The molecule has 3 aromatic rings. The van der Waals surface area contributed by atoms with Crippen LogP contribution in [0.25, 0.3) is 10.9 Å². The molecule has 4 atom stereocenters. The van der Waals surface area contributed by atoms with Crippen LogP contribution < -0.4 is 10.2 Å². The average molecular weight is 608 g/mol. The van der Waals surface area contributed by atoms with E-state index in [9.17, 15) is 24.3 Å². The number of unbranched alkanes of at least 4 members (excludes halogenated alkanes) is 1. The summed E-state index contributed by atoms with van der Waals surface area (Å²) in [6.45, 7) is 5.87. The van der Waals surface area contributed by atoms with E-state index in [1.165, 1.54) is 7.11 Å². The molecule has 1 saturated heterocycles. The molecule has 10 nitrogen and oxygen atoms in total. The zero-order chi connectivity index (χ0) is 30.9. The third kappa shape index (κ3) is 5.74. The van der Waals surface area contributed by atoms with E-state index in [1.54, 1.807) is 11.0 Å². The summed E-state index contributed by atoms with van der Waals surface area (Å²) in [6, 6.07) is 13.2. The van der Waals surface area contributed by atoms with Gasteiger partial charge < -0.3 is 34.6 Å². The zero-order valence-corrected chi connectivity index (χ0v) is 26.2. The third-order valence-electron chi connectivity index (χ3n) is 8.95. The molecule has 4 N–H and O–H groups in total. The van der Waals surface area contributed by atoms with Crippen LogP contribution in [0.4, 0.5) is 11.4 Å². The predicted octanol–water partition coefficient (Wildman–Crippen LogP) is 4.22. The molecule has 1 spiro atoms. The van der Waals surface area contributed by atoms with Crippen LogP contribution in [0.3, 0.4) is 0 Å². The molecule has 0 radical (unpaired) electrons. The molecule has 1 aromatic heterocycles. The number of nitrogens with zero attached hydrogens (tertiary/aromatic N) is 1. The maximum Gasteiger partial charge on any atom is 0.305 e. The SMILES string of the molecule is COC(=O)CCCCN1C(=O)[C@@]2(O[C@@H](CCO)[C@H]([Si](C)(C)O)[C@H]2C)c2cc(NC(=O)Cc3c[nH]c4ccccc34)ccc21. The summed E-state index contributed by atoms with van der Waals surface area (Å²) < 4.78 is 11.4. The van der Waals surface area contributed by atoms with Crippen molar-refractivity contribution >= 4 is 48.4 Å². The fourth-order valence-corrected chi connectivity index (χ4v) is 9.67. The highest BCUT2D eigenvalue weighted by molar-refractivity contribution is 6.71. The van der Waals surface area contributed by atoms with Gasteiger partial charge in [-0.2, -0.15) is 0 Å². The number of methoxy groups -OCH3 is 1. The number of anilines is 2. The number of amides is 2. The number of para-hydroxylation sites is 1. The molecule has 0 unspecified atom stereocenters. The number of carbonyl (C=O) groups excluding carboxylic acids is 3. The Morgan fingerprint density at radius 1 is 1.19 bits per heavy atom. The number of hydrogen-bond donors (Lipinski definition) is 4. The maximum absolute atomic E-state index is 14.4. The van der Waals surface area contributed by atoms with Crippen molar-refractivity contribution in [1.29, 1.82) is 0 Å². The highest BCUT2D eigenvalue weighted by atomic mass is 28.4. The number of hydrogen-bond acceptors (Lipinski definition) is 7. The Morgan fingerprint density at radius 3 is 2.67 bits per heavy atom. The second-order valence-corrected chi connectivity index (χ2v) is 16.2. The van der Waals surface area contributed by atoms with E-state index in [1.807, 2.05) is 62.6 Å². The molecule has 1 fully saturated rings. The van der Waals surface area contributed by atoms with E-state index in [0.717, 1.165) is 16.5 Å². The van der Waals surface area contributed by atoms with Gasteiger partial charge in [0, 0.05) is 59.4 Å². The van der Waals surface area contributed by atoms with Gasteiger partial charge >= 0.3 is 5.97 Å². The first-order chi connectivity index (χ1) is 20.5. The summed E-state index contributed by atoms with van der Waals surface area (Å²) in [6.07, 6.45) is 3.22. The highest BCUT2D eigenvalue weighted by Gasteiger charge is 2.66. The number of aromatic amines is 1. The third-order valence-corrected chi connectivity index (χ3v) is 11.5. The lowest BCUT2D eigenvalue weighted by Crippen LogP contribution is -2.46. The Kier molecular flexibility index (Phi) is 8.80. The number of H-pyrrole nitrogens is 1. The number of benzene rings is 2. The standard InChI is InChI=1S/C32H41N3O7Si/c1-20-30(43(3,4)40)27(14-16-36)42-32(20)24-18-22(34-28(37)17-21-19-33-25-10-6-5-9-23(21)25)12-13-26(24)35(31(32)39)15-8-7-11-29(38)41-2/h5-6,9-10,12-13,18-20,27,30,33,36,40H,7-8,11,14-17H2,1-4H3,(H,34,37)/t20-,27+,30-,32+/m1/s1. The van der Waals surface area contributed by atoms with Gasteiger partial charge in [-0.15, -0.1) is 0 Å². The Morgan fingerprint density at radius 2 is 1.95 bits per heavy atom. The molecule has 43 heavy (non-hydrogen) atoms. The molecule has 0 aliphatic carbocycles. The summed E-state index contributed by atoms with van der Waals surface area (Å²) in [4.78, 5) is 55.4. The molecule has 0 saturated carbocycles. The Labute approximate surface area is 252 Å². The first kappa shape index (κ1) is 30.9. The van der Waals surface area contributed by atoms with Crippen LogP contribution in [0, 0.1) is 5.92 Å². The number of aliphatic hydroxyl groups excluding tert-OH is 1. The number of rotatable bonds is 11. The zero-order valence-electron chi connectivity index (χ0n) is 25.2. The minimum atomic E-state index is -2.83. The second kappa shape index (κ2) is 12.2. The van der Waals surface area contributed by atoms with Gasteiger partial charge in [-0.1, -0.05) is 25.1 Å². The van der Waals surface area contributed by atoms with E-state index < -0.39 is 20.0 Å².